The van der Waals surface area contributed by atoms with E-state index in [1.165, 1.54) is 0 Å². The van der Waals surface area contributed by atoms with Crippen molar-refractivity contribution in [2.45, 2.75) is 12.5 Å². The largest absolute Gasteiger partial charge is 0.512 e. The molecule has 1 atom stereocenters. The lowest BCUT2D eigenvalue weighted by Gasteiger charge is -2.12. The van der Waals surface area contributed by atoms with Gasteiger partial charge >= 0.3 is 0 Å². The van der Waals surface area contributed by atoms with E-state index in [1.54, 1.807) is 19.3 Å². The second kappa shape index (κ2) is 2.69. The molecule has 2 nitrogen and oxygen atoms in total. The summed E-state index contributed by atoms with van der Waals surface area (Å²) in [6.07, 6.45) is 6.06. The predicted molar refractivity (Wildman–Crippen MR) is 35.3 cm³/mol. The van der Waals surface area contributed by atoms with Crippen LogP contribution in [-0.2, 0) is 4.74 Å². The summed E-state index contributed by atoms with van der Waals surface area (Å²) in [4.78, 5) is 0. The number of aliphatic hydroxyl groups is 1. The van der Waals surface area contributed by atoms with E-state index in [0.717, 1.165) is 0 Å². The fraction of sp³-hybridized carbons (Fsp3) is 0.429. The molecular formula is C7H10O2. The molecule has 2 heteroatoms. The maximum absolute atomic E-state index is 8.94. The average molecular weight is 126 g/mol. The van der Waals surface area contributed by atoms with Crippen LogP contribution in [0.25, 0.3) is 0 Å². The molecule has 1 aliphatic rings. The Kier molecular flexibility index (Phi) is 1.90. The maximum Gasteiger partial charge on any atom is 0.0951 e. The first-order chi connectivity index (χ1) is 4.33. The van der Waals surface area contributed by atoms with Crippen molar-refractivity contribution in [3.05, 3.63) is 24.0 Å². The fourth-order valence-electron chi connectivity index (χ4n) is 0.795. The maximum atomic E-state index is 8.94. The number of allylic oxidation sites excluding steroid dienone is 2. The quantitative estimate of drug-likeness (QED) is 0.575. The molecule has 1 aliphatic carbocycles. The molecule has 0 bridgehead atoms. The van der Waals surface area contributed by atoms with Crippen LogP contribution in [-0.4, -0.2) is 18.3 Å². The van der Waals surface area contributed by atoms with Crippen molar-refractivity contribution >= 4 is 0 Å². The highest BCUT2D eigenvalue weighted by atomic mass is 16.5. The van der Waals surface area contributed by atoms with Crippen LogP contribution in [0, 0.1) is 0 Å². The molecule has 1 rings (SSSR count). The molecule has 0 radical (unpaired) electrons. The lowest BCUT2D eigenvalue weighted by molar-refractivity contribution is 0.128. The Labute approximate surface area is 54.5 Å². The number of hydrogen-bond acceptors (Lipinski definition) is 2. The van der Waals surface area contributed by atoms with Gasteiger partial charge in [0.2, 0.25) is 0 Å². The van der Waals surface area contributed by atoms with Gasteiger partial charge in [-0.1, -0.05) is 12.2 Å². The number of hydrogen-bond donors (Lipinski definition) is 1. The molecule has 1 unspecified atom stereocenters. The van der Waals surface area contributed by atoms with Gasteiger partial charge in [-0.15, -0.1) is 0 Å². The highest BCUT2D eigenvalue weighted by Crippen LogP contribution is 2.11. The Morgan fingerprint density at radius 2 is 2.56 bits per heavy atom. The predicted octanol–water partition coefficient (Wildman–Crippen LogP) is 1.40. The van der Waals surface area contributed by atoms with Gasteiger partial charge in [-0.05, 0) is 6.08 Å². The van der Waals surface area contributed by atoms with Gasteiger partial charge in [0.1, 0.15) is 0 Å². The molecule has 0 heterocycles. The average Bonchev–Trinajstić information content (AvgIpc) is 1.88. The van der Waals surface area contributed by atoms with Crippen LogP contribution in [0.3, 0.4) is 0 Å². The van der Waals surface area contributed by atoms with Crippen molar-refractivity contribution in [2.75, 3.05) is 7.11 Å². The zero-order valence-corrected chi connectivity index (χ0v) is 5.37. The lowest BCUT2D eigenvalue weighted by atomic mass is 10.1. The third-order valence-corrected chi connectivity index (χ3v) is 1.33. The number of aliphatic hydroxyl groups excluding tert-OH is 1. The fourth-order valence-corrected chi connectivity index (χ4v) is 0.795. The third kappa shape index (κ3) is 1.57. The minimum absolute atomic E-state index is 0.0648. The van der Waals surface area contributed by atoms with E-state index in [4.69, 9.17) is 9.84 Å². The van der Waals surface area contributed by atoms with Gasteiger partial charge in [0.05, 0.1) is 11.9 Å². The Hall–Kier alpha value is -0.760. The van der Waals surface area contributed by atoms with E-state index >= 15 is 0 Å². The molecule has 0 saturated carbocycles. The van der Waals surface area contributed by atoms with Crippen molar-refractivity contribution in [3.63, 3.8) is 0 Å². The molecule has 0 fully saturated rings. The molecule has 9 heavy (non-hydrogen) atoms. The highest BCUT2D eigenvalue weighted by molar-refractivity contribution is 5.15. The Balaban J connectivity index is 2.51. The van der Waals surface area contributed by atoms with Gasteiger partial charge < -0.3 is 9.84 Å². The molecule has 0 aromatic rings. The first kappa shape index (κ1) is 6.36. The second-order valence-electron chi connectivity index (χ2n) is 2.02. The minimum atomic E-state index is 0.0648. The summed E-state index contributed by atoms with van der Waals surface area (Å²) in [7, 11) is 1.63. The first-order valence-electron chi connectivity index (χ1n) is 2.92. The van der Waals surface area contributed by atoms with E-state index in [-0.39, 0.29) is 6.10 Å². The number of ether oxygens (including phenoxy) is 1. The summed E-state index contributed by atoms with van der Waals surface area (Å²) in [6, 6.07) is 0. The van der Waals surface area contributed by atoms with Crippen molar-refractivity contribution in [1.29, 1.82) is 0 Å². The second-order valence-corrected chi connectivity index (χ2v) is 2.02. The van der Waals surface area contributed by atoms with Crippen LogP contribution in [0.15, 0.2) is 24.0 Å². The Morgan fingerprint density at radius 1 is 1.78 bits per heavy atom. The molecule has 1 N–H and O–H groups in total. The van der Waals surface area contributed by atoms with Gasteiger partial charge in [0, 0.05) is 13.5 Å². The highest BCUT2D eigenvalue weighted by Gasteiger charge is 2.07. The van der Waals surface area contributed by atoms with E-state index in [1.807, 2.05) is 6.08 Å². The number of rotatable bonds is 1. The zero-order chi connectivity index (χ0) is 6.69. The summed E-state index contributed by atoms with van der Waals surface area (Å²) < 4.78 is 4.97. The Morgan fingerprint density at radius 3 is 3.00 bits per heavy atom. The molecule has 0 spiro atoms. The number of methoxy groups -OCH3 is 1. The van der Waals surface area contributed by atoms with Crippen LogP contribution in [0.2, 0.25) is 0 Å². The SMILES string of the molecule is COC1C=CC=C(O)C1. The van der Waals surface area contributed by atoms with Gasteiger partial charge in [-0.2, -0.15) is 0 Å². The van der Waals surface area contributed by atoms with Crippen LogP contribution in [0.4, 0.5) is 0 Å². The summed E-state index contributed by atoms with van der Waals surface area (Å²) in [5, 5.41) is 8.94. The van der Waals surface area contributed by atoms with Crippen LogP contribution in [0.1, 0.15) is 6.42 Å². The van der Waals surface area contributed by atoms with Gasteiger partial charge in [0.25, 0.3) is 0 Å². The van der Waals surface area contributed by atoms with Gasteiger partial charge in [-0.3, -0.25) is 0 Å². The van der Waals surface area contributed by atoms with Gasteiger partial charge in [-0.25, -0.2) is 0 Å². The van der Waals surface area contributed by atoms with E-state index in [9.17, 15) is 0 Å². The Bertz CT molecular complexity index is 147. The van der Waals surface area contributed by atoms with E-state index < -0.39 is 0 Å². The molecule has 0 aromatic heterocycles. The summed E-state index contributed by atoms with van der Waals surface area (Å²) in [5.41, 5.74) is 0. The molecule has 0 aliphatic heterocycles. The molecule has 0 saturated heterocycles. The summed E-state index contributed by atoms with van der Waals surface area (Å²) >= 11 is 0. The standard InChI is InChI=1S/C7H10O2/c1-9-7-4-2-3-6(8)5-7/h2-4,7-8H,5H2,1H3. The molecule has 50 valence electrons. The van der Waals surface area contributed by atoms with Crippen molar-refractivity contribution in [2.24, 2.45) is 0 Å². The zero-order valence-electron chi connectivity index (χ0n) is 5.37. The summed E-state index contributed by atoms with van der Waals surface area (Å²) in [5.74, 6) is 0.393. The topological polar surface area (TPSA) is 29.5 Å². The van der Waals surface area contributed by atoms with Crippen molar-refractivity contribution < 1.29 is 9.84 Å². The van der Waals surface area contributed by atoms with Crippen molar-refractivity contribution in [1.82, 2.24) is 0 Å². The van der Waals surface area contributed by atoms with Crippen molar-refractivity contribution in [3.8, 4) is 0 Å². The van der Waals surface area contributed by atoms with Crippen LogP contribution < -0.4 is 0 Å². The monoisotopic (exact) mass is 126 g/mol. The third-order valence-electron chi connectivity index (χ3n) is 1.33. The van der Waals surface area contributed by atoms with E-state index in [0.29, 0.717) is 12.2 Å². The van der Waals surface area contributed by atoms with Crippen LogP contribution >= 0.6 is 0 Å². The summed E-state index contributed by atoms with van der Waals surface area (Å²) in [6.45, 7) is 0. The normalized spacial score (nSPS) is 25.9. The first-order valence-corrected chi connectivity index (χ1v) is 2.92. The van der Waals surface area contributed by atoms with Crippen LogP contribution in [0.5, 0.6) is 0 Å². The minimum Gasteiger partial charge on any atom is -0.512 e. The lowest BCUT2D eigenvalue weighted by Crippen LogP contribution is -2.09. The molecule has 0 aromatic carbocycles. The van der Waals surface area contributed by atoms with Gasteiger partial charge in [0.15, 0.2) is 0 Å². The molecule has 0 amide bonds. The molecular weight excluding hydrogens is 116 g/mol. The van der Waals surface area contributed by atoms with E-state index in [2.05, 4.69) is 0 Å². The smallest absolute Gasteiger partial charge is 0.0951 e.